The molecule has 8 heteroatoms. The number of ether oxygens (including phenoxy) is 1. The average molecular weight is 486 g/mol. The molecular weight excluding hydrogens is 458 g/mol. The molecule has 2 aromatic heterocycles. The number of carbonyl (C=O) groups excluding carboxylic acids is 1. The lowest BCUT2D eigenvalue weighted by atomic mass is 9.85. The molecule has 0 saturated heterocycles. The molecule has 0 spiro atoms. The normalized spacial score (nSPS) is 15.0. The van der Waals surface area contributed by atoms with Gasteiger partial charge in [-0.2, -0.15) is 0 Å². The summed E-state index contributed by atoms with van der Waals surface area (Å²) in [6.45, 7) is 3.94. The summed E-state index contributed by atoms with van der Waals surface area (Å²) in [5.41, 5.74) is 11.8. The highest BCUT2D eigenvalue weighted by atomic mass is 32.1. The Hall–Kier alpha value is -3.78. The monoisotopic (exact) mass is 485 g/mol. The molecule has 1 aliphatic rings. The summed E-state index contributed by atoms with van der Waals surface area (Å²) in [6.07, 6.45) is 6.15. The van der Waals surface area contributed by atoms with Crippen molar-refractivity contribution in [1.82, 2.24) is 20.5 Å². The summed E-state index contributed by atoms with van der Waals surface area (Å²) in [5.74, 6) is 0.585. The fourth-order valence-electron chi connectivity index (χ4n) is 4.44. The van der Waals surface area contributed by atoms with Crippen molar-refractivity contribution in [3.05, 3.63) is 77.6 Å². The molecule has 1 amide bonds. The summed E-state index contributed by atoms with van der Waals surface area (Å²) in [7, 11) is 0. The van der Waals surface area contributed by atoms with Crippen LogP contribution in [0.4, 0.5) is 5.69 Å². The Balaban J connectivity index is 1.41. The topological polar surface area (TPSA) is 103 Å². The van der Waals surface area contributed by atoms with Crippen molar-refractivity contribution in [1.29, 1.82) is 0 Å². The van der Waals surface area contributed by atoms with E-state index in [4.69, 9.17) is 10.5 Å². The van der Waals surface area contributed by atoms with Gasteiger partial charge in [0, 0.05) is 29.1 Å². The van der Waals surface area contributed by atoms with Crippen molar-refractivity contribution in [2.24, 2.45) is 0 Å². The molecule has 0 bridgehead atoms. The maximum Gasteiger partial charge on any atom is 0.251 e. The van der Waals surface area contributed by atoms with Crippen LogP contribution in [-0.2, 0) is 6.42 Å². The molecule has 1 aliphatic carbocycles. The second-order valence-corrected chi connectivity index (χ2v) is 9.84. The number of fused-ring (bicyclic) bond motifs is 1. The minimum atomic E-state index is -0.0867. The third kappa shape index (κ3) is 4.88. The van der Waals surface area contributed by atoms with Gasteiger partial charge >= 0.3 is 0 Å². The van der Waals surface area contributed by atoms with Crippen molar-refractivity contribution >= 4 is 22.9 Å². The quantitative estimate of drug-likeness (QED) is 0.352. The molecule has 0 unspecified atom stereocenters. The summed E-state index contributed by atoms with van der Waals surface area (Å²) in [5, 5.41) is 13.8. The zero-order valence-corrected chi connectivity index (χ0v) is 20.5. The van der Waals surface area contributed by atoms with Gasteiger partial charge < -0.3 is 15.8 Å². The highest BCUT2D eigenvalue weighted by molar-refractivity contribution is 7.17. The first-order chi connectivity index (χ1) is 17.0. The first kappa shape index (κ1) is 23.0. The number of hydrogen-bond acceptors (Lipinski definition) is 7. The lowest BCUT2D eigenvalue weighted by molar-refractivity contribution is 0.0932. The molecule has 1 atom stereocenters. The zero-order chi connectivity index (χ0) is 24.4. The molecule has 5 rings (SSSR count). The van der Waals surface area contributed by atoms with Crippen molar-refractivity contribution < 1.29 is 9.53 Å². The summed E-state index contributed by atoms with van der Waals surface area (Å²) in [6, 6.07) is 15.4. The van der Waals surface area contributed by atoms with Gasteiger partial charge in [-0.05, 0) is 74.6 Å². The predicted molar refractivity (Wildman–Crippen MR) is 138 cm³/mol. The largest absolute Gasteiger partial charge is 0.489 e. The van der Waals surface area contributed by atoms with Crippen LogP contribution < -0.4 is 15.8 Å². The SMILES string of the molecule is CC(C)Oc1ccc(-c2nnc(-c3cccc4c3CCC[C@H]4NC(=O)c3ccncc3)s2)cc1N. The predicted octanol–water partition coefficient (Wildman–Crippen LogP) is 5.44. The second-order valence-electron chi connectivity index (χ2n) is 8.86. The van der Waals surface area contributed by atoms with Crippen LogP contribution in [0.1, 0.15) is 54.2 Å². The standard InChI is InChI=1S/C27H27N5O2S/c1-16(2)34-24-10-9-18(15-22(24)28)26-31-32-27(35-26)21-7-3-6-20-19(21)5-4-8-23(20)30-25(33)17-11-13-29-14-12-17/h3,6-7,9-16,23H,4-5,8,28H2,1-2H3,(H,30,33)/t23-/m1/s1. The van der Waals surface area contributed by atoms with E-state index in [9.17, 15) is 4.79 Å². The van der Waals surface area contributed by atoms with Gasteiger partial charge in [-0.25, -0.2) is 0 Å². The van der Waals surface area contributed by atoms with E-state index in [2.05, 4.69) is 32.6 Å². The Morgan fingerprint density at radius 1 is 1.11 bits per heavy atom. The molecule has 0 radical (unpaired) electrons. The first-order valence-corrected chi connectivity index (χ1v) is 12.5. The van der Waals surface area contributed by atoms with Crippen LogP contribution in [0.25, 0.3) is 21.1 Å². The van der Waals surface area contributed by atoms with Crippen LogP contribution >= 0.6 is 11.3 Å². The second kappa shape index (κ2) is 9.84. The van der Waals surface area contributed by atoms with Gasteiger partial charge in [0.1, 0.15) is 15.8 Å². The number of benzene rings is 2. The molecule has 35 heavy (non-hydrogen) atoms. The van der Waals surface area contributed by atoms with Crippen LogP contribution in [0, 0.1) is 0 Å². The zero-order valence-electron chi connectivity index (χ0n) is 19.7. The van der Waals surface area contributed by atoms with Crippen LogP contribution in [0.15, 0.2) is 60.9 Å². The molecule has 2 aromatic carbocycles. The molecular formula is C27H27N5O2S. The number of amides is 1. The summed E-state index contributed by atoms with van der Waals surface area (Å²) < 4.78 is 5.75. The molecule has 4 aromatic rings. The highest BCUT2D eigenvalue weighted by Gasteiger charge is 2.25. The van der Waals surface area contributed by atoms with Gasteiger partial charge in [0.2, 0.25) is 0 Å². The number of pyridine rings is 1. The fraction of sp³-hybridized carbons (Fsp3) is 0.259. The number of anilines is 1. The van der Waals surface area contributed by atoms with Gasteiger partial charge in [-0.1, -0.05) is 29.5 Å². The van der Waals surface area contributed by atoms with E-state index in [-0.39, 0.29) is 18.1 Å². The Morgan fingerprint density at radius 2 is 1.91 bits per heavy atom. The van der Waals surface area contributed by atoms with Gasteiger partial charge in [-0.3, -0.25) is 9.78 Å². The van der Waals surface area contributed by atoms with E-state index in [0.717, 1.165) is 46.0 Å². The molecule has 0 saturated carbocycles. The lowest BCUT2D eigenvalue weighted by Gasteiger charge is -2.27. The van der Waals surface area contributed by atoms with Gasteiger partial charge in [0.05, 0.1) is 17.8 Å². The van der Waals surface area contributed by atoms with Gasteiger partial charge in [0.15, 0.2) is 0 Å². The number of nitrogens with two attached hydrogens (primary N) is 1. The Morgan fingerprint density at radius 3 is 2.69 bits per heavy atom. The highest BCUT2D eigenvalue weighted by Crippen LogP contribution is 2.39. The van der Waals surface area contributed by atoms with E-state index >= 15 is 0 Å². The third-order valence-corrected chi connectivity index (χ3v) is 7.04. The number of rotatable bonds is 6. The van der Waals surface area contributed by atoms with Crippen molar-refractivity contribution in [3.8, 4) is 26.9 Å². The van der Waals surface area contributed by atoms with Crippen LogP contribution in [0.2, 0.25) is 0 Å². The Kier molecular flexibility index (Phi) is 6.46. The van der Waals surface area contributed by atoms with Crippen molar-refractivity contribution in [3.63, 3.8) is 0 Å². The Bertz CT molecular complexity index is 1350. The smallest absolute Gasteiger partial charge is 0.251 e. The summed E-state index contributed by atoms with van der Waals surface area (Å²) in [4.78, 5) is 16.8. The van der Waals surface area contributed by atoms with E-state index in [0.29, 0.717) is 17.0 Å². The van der Waals surface area contributed by atoms with E-state index in [1.807, 2.05) is 38.1 Å². The lowest BCUT2D eigenvalue weighted by Crippen LogP contribution is -2.31. The number of aromatic nitrogens is 3. The van der Waals surface area contributed by atoms with E-state index < -0.39 is 0 Å². The van der Waals surface area contributed by atoms with Crippen molar-refractivity contribution in [2.75, 3.05) is 5.73 Å². The van der Waals surface area contributed by atoms with E-state index in [1.54, 1.807) is 24.5 Å². The first-order valence-electron chi connectivity index (χ1n) is 11.7. The molecule has 3 N–H and O–H groups in total. The van der Waals surface area contributed by atoms with Crippen LogP contribution in [0.5, 0.6) is 5.75 Å². The van der Waals surface area contributed by atoms with Gasteiger partial charge in [-0.15, -0.1) is 10.2 Å². The minimum Gasteiger partial charge on any atom is -0.489 e. The average Bonchev–Trinajstić information content (AvgIpc) is 3.35. The molecule has 7 nitrogen and oxygen atoms in total. The molecule has 2 heterocycles. The molecule has 178 valence electrons. The molecule has 0 fully saturated rings. The van der Waals surface area contributed by atoms with Crippen molar-refractivity contribution in [2.45, 2.75) is 45.3 Å². The number of nitrogen functional groups attached to an aromatic ring is 1. The minimum absolute atomic E-state index is 0.0416. The maximum absolute atomic E-state index is 12.8. The molecule has 0 aliphatic heterocycles. The van der Waals surface area contributed by atoms with Gasteiger partial charge in [0.25, 0.3) is 5.91 Å². The fourth-order valence-corrected chi connectivity index (χ4v) is 5.33. The number of nitrogens with one attached hydrogen (secondary N) is 1. The number of carbonyl (C=O) groups is 1. The number of nitrogens with zero attached hydrogens (tertiary/aromatic N) is 3. The van der Waals surface area contributed by atoms with Crippen LogP contribution in [-0.4, -0.2) is 27.2 Å². The van der Waals surface area contributed by atoms with E-state index in [1.165, 1.54) is 16.9 Å². The van der Waals surface area contributed by atoms with Crippen LogP contribution in [0.3, 0.4) is 0 Å². The Labute approximate surface area is 208 Å². The maximum atomic E-state index is 12.8. The third-order valence-electron chi connectivity index (χ3n) is 6.03. The number of hydrogen-bond donors (Lipinski definition) is 2. The summed E-state index contributed by atoms with van der Waals surface area (Å²) >= 11 is 1.54.